The number of carbonyl (C=O) groups is 1. The van der Waals surface area contributed by atoms with Gasteiger partial charge in [0.15, 0.2) is 0 Å². The molecule has 1 aromatic rings. The van der Waals surface area contributed by atoms with Crippen molar-refractivity contribution in [3.05, 3.63) is 48.0 Å². The maximum Gasteiger partial charge on any atom is 0.335 e. The van der Waals surface area contributed by atoms with E-state index in [1.54, 1.807) is 12.1 Å². The molecular weight excluding hydrogens is 200 g/mol. The lowest BCUT2D eigenvalue weighted by Gasteiger charge is -2.09. The summed E-state index contributed by atoms with van der Waals surface area (Å²) in [6.45, 7) is 5.91. The maximum atomic E-state index is 10.7. The molecule has 0 bridgehead atoms. The Morgan fingerprint density at radius 3 is 2.56 bits per heavy atom. The summed E-state index contributed by atoms with van der Waals surface area (Å²) in [5.74, 6) is -0.264. The summed E-state index contributed by atoms with van der Waals surface area (Å²) in [4.78, 5) is 10.7. The van der Waals surface area contributed by atoms with Crippen molar-refractivity contribution in [2.45, 2.75) is 26.2 Å². The highest BCUT2D eigenvalue weighted by Crippen LogP contribution is 2.14. The molecule has 0 spiro atoms. The van der Waals surface area contributed by atoms with Crippen LogP contribution in [0.4, 0.5) is 0 Å². The van der Waals surface area contributed by atoms with Gasteiger partial charge in [-0.3, -0.25) is 0 Å². The van der Waals surface area contributed by atoms with Gasteiger partial charge in [0.05, 0.1) is 5.56 Å². The van der Waals surface area contributed by atoms with E-state index in [0.717, 1.165) is 19.3 Å². The predicted molar refractivity (Wildman–Crippen MR) is 65.7 cm³/mol. The number of hydrogen-bond donors (Lipinski definition) is 1. The molecule has 2 heteroatoms. The SMILES string of the molecule is C=CCCC(C)Cc1ccc(C(=O)O)cc1. The van der Waals surface area contributed by atoms with Crippen LogP contribution in [0.3, 0.4) is 0 Å². The van der Waals surface area contributed by atoms with Crippen LogP contribution in [0.1, 0.15) is 35.7 Å². The molecule has 0 radical (unpaired) electrons. The fourth-order valence-corrected chi connectivity index (χ4v) is 1.69. The van der Waals surface area contributed by atoms with Gasteiger partial charge >= 0.3 is 5.97 Å². The van der Waals surface area contributed by atoms with E-state index in [1.807, 2.05) is 18.2 Å². The summed E-state index contributed by atoms with van der Waals surface area (Å²) in [6.07, 6.45) is 5.09. The van der Waals surface area contributed by atoms with E-state index < -0.39 is 5.97 Å². The number of hydrogen-bond acceptors (Lipinski definition) is 1. The first kappa shape index (κ1) is 12.5. The van der Waals surface area contributed by atoms with Crippen LogP contribution in [-0.4, -0.2) is 11.1 Å². The van der Waals surface area contributed by atoms with Gasteiger partial charge in [-0.1, -0.05) is 25.1 Å². The second kappa shape index (κ2) is 6.11. The molecular formula is C14H18O2. The standard InChI is InChI=1S/C14H18O2/c1-3-4-5-11(2)10-12-6-8-13(9-7-12)14(15)16/h3,6-9,11H,1,4-5,10H2,2H3,(H,15,16). The number of carboxylic acids is 1. The van der Waals surface area contributed by atoms with E-state index in [9.17, 15) is 4.79 Å². The minimum atomic E-state index is -0.869. The topological polar surface area (TPSA) is 37.3 Å². The molecule has 0 aliphatic heterocycles. The predicted octanol–water partition coefficient (Wildman–Crippen LogP) is 3.53. The monoisotopic (exact) mass is 218 g/mol. The lowest BCUT2D eigenvalue weighted by molar-refractivity contribution is 0.0697. The van der Waals surface area contributed by atoms with E-state index in [1.165, 1.54) is 5.56 Å². The molecule has 1 unspecified atom stereocenters. The van der Waals surface area contributed by atoms with Crippen molar-refractivity contribution in [3.63, 3.8) is 0 Å². The fourth-order valence-electron chi connectivity index (χ4n) is 1.69. The summed E-state index contributed by atoms with van der Waals surface area (Å²) in [6, 6.07) is 7.12. The number of allylic oxidation sites excluding steroid dienone is 1. The molecule has 0 aliphatic rings. The third-order valence-corrected chi connectivity index (χ3v) is 2.65. The molecule has 86 valence electrons. The molecule has 0 amide bonds. The third-order valence-electron chi connectivity index (χ3n) is 2.65. The average molecular weight is 218 g/mol. The zero-order chi connectivity index (χ0) is 12.0. The molecule has 0 fully saturated rings. The van der Waals surface area contributed by atoms with Crippen LogP contribution < -0.4 is 0 Å². The van der Waals surface area contributed by atoms with E-state index in [-0.39, 0.29) is 0 Å². The quantitative estimate of drug-likeness (QED) is 0.742. The largest absolute Gasteiger partial charge is 0.478 e. The lowest BCUT2D eigenvalue weighted by Crippen LogP contribution is -2.01. The van der Waals surface area contributed by atoms with Gasteiger partial charge in [0.2, 0.25) is 0 Å². The highest BCUT2D eigenvalue weighted by molar-refractivity contribution is 5.87. The first-order chi connectivity index (χ1) is 7.63. The Hall–Kier alpha value is -1.57. The van der Waals surface area contributed by atoms with Crippen LogP contribution in [0.2, 0.25) is 0 Å². The number of carboxylic acid groups (broad SMARTS) is 1. The normalized spacial score (nSPS) is 12.1. The van der Waals surface area contributed by atoms with Crippen molar-refractivity contribution < 1.29 is 9.90 Å². The van der Waals surface area contributed by atoms with Gasteiger partial charge in [0, 0.05) is 0 Å². The van der Waals surface area contributed by atoms with Gasteiger partial charge in [-0.2, -0.15) is 0 Å². The van der Waals surface area contributed by atoms with Crippen LogP contribution >= 0.6 is 0 Å². The van der Waals surface area contributed by atoms with Gasteiger partial charge < -0.3 is 5.11 Å². The zero-order valence-corrected chi connectivity index (χ0v) is 9.65. The smallest absolute Gasteiger partial charge is 0.335 e. The van der Waals surface area contributed by atoms with E-state index in [0.29, 0.717) is 11.5 Å². The van der Waals surface area contributed by atoms with Gasteiger partial charge in [-0.15, -0.1) is 6.58 Å². The first-order valence-electron chi connectivity index (χ1n) is 5.56. The molecule has 0 aliphatic carbocycles. The van der Waals surface area contributed by atoms with E-state index in [2.05, 4.69) is 13.5 Å². The molecule has 16 heavy (non-hydrogen) atoms. The molecule has 1 atom stereocenters. The molecule has 1 N–H and O–H groups in total. The van der Waals surface area contributed by atoms with Crippen LogP contribution in [0.25, 0.3) is 0 Å². The number of aromatic carboxylic acids is 1. The van der Waals surface area contributed by atoms with Gasteiger partial charge in [0.25, 0.3) is 0 Å². The molecule has 0 saturated heterocycles. The van der Waals surface area contributed by atoms with Gasteiger partial charge in [0.1, 0.15) is 0 Å². The van der Waals surface area contributed by atoms with Gasteiger partial charge in [-0.05, 0) is 42.9 Å². The van der Waals surface area contributed by atoms with Crippen LogP contribution in [0.15, 0.2) is 36.9 Å². The highest BCUT2D eigenvalue weighted by atomic mass is 16.4. The minimum Gasteiger partial charge on any atom is -0.478 e. The van der Waals surface area contributed by atoms with Crippen molar-refractivity contribution in [2.75, 3.05) is 0 Å². The van der Waals surface area contributed by atoms with E-state index >= 15 is 0 Å². The Balaban J connectivity index is 2.54. The Kier molecular flexibility index (Phi) is 4.77. The molecule has 1 rings (SSSR count). The molecule has 2 nitrogen and oxygen atoms in total. The summed E-state index contributed by atoms with van der Waals surface area (Å²) < 4.78 is 0. The Bertz CT molecular complexity index is 352. The fraction of sp³-hybridized carbons (Fsp3) is 0.357. The summed E-state index contributed by atoms with van der Waals surface area (Å²) in [5, 5.41) is 8.76. The lowest BCUT2D eigenvalue weighted by atomic mass is 9.96. The van der Waals surface area contributed by atoms with Crippen molar-refractivity contribution in [1.29, 1.82) is 0 Å². The van der Waals surface area contributed by atoms with Crippen molar-refractivity contribution in [2.24, 2.45) is 5.92 Å². The van der Waals surface area contributed by atoms with E-state index in [4.69, 9.17) is 5.11 Å². The molecule has 0 aromatic heterocycles. The second-order valence-corrected chi connectivity index (χ2v) is 4.18. The van der Waals surface area contributed by atoms with Crippen LogP contribution in [0, 0.1) is 5.92 Å². The third kappa shape index (κ3) is 3.89. The van der Waals surface area contributed by atoms with Crippen molar-refractivity contribution in [1.82, 2.24) is 0 Å². The van der Waals surface area contributed by atoms with Crippen LogP contribution in [-0.2, 0) is 6.42 Å². The Morgan fingerprint density at radius 2 is 2.06 bits per heavy atom. The van der Waals surface area contributed by atoms with Crippen LogP contribution in [0.5, 0.6) is 0 Å². The molecule has 1 aromatic carbocycles. The summed E-state index contributed by atoms with van der Waals surface area (Å²) in [5.41, 5.74) is 1.55. The zero-order valence-electron chi connectivity index (χ0n) is 9.65. The molecule has 0 saturated carbocycles. The summed E-state index contributed by atoms with van der Waals surface area (Å²) in [7, 11) is 0. The Labute approximate surface area is 96.6 Å². The second-order valence-electron chi connectivity index (χ2n) is 4.18. The average Bonchev–Trinajstić information content (AvgIpc) is 2.27. The number of benzene rings is 1. The van der Waals surface area contributed by atoms with Gasteiger partial charge in [-0.25, -0.2) is 4.79 Å². The maximum absolute atomic E-state index is 10.7. The summed E-state index contributed by atoms with van der Waals surface area (Å²) >= 11 is 0. The van der Waals surface area contributed by atoms with Crippen molar-refractivity contribution in [3.8, 4) is 0 Å². The Morgan fingerprint density at radius 1 is 1.44 bits per heavy atom. The first-order valence-corrected chi connectivity index (χ1v) is 5.56. The highest BCUT2D eigenvalue weighted by Gasteiger charge is 2.05. The minimum absolute atomic E-state index is 0.350. The van der Waals surface area contributed by atoms with Crippen molar-refractivity contribution >= 4 is 5.97 Å². The number of rotatable bonds is 6. The molecule has 0 heterocycles.